The first-order valence-electron chi connectivity index (χ1n) is 10.4. The molecule has 0 aliphatic rings. The van der Waals surface area contributed by atoms with Crippen molar-refractivity contribution in [2.45, 2.75) is 33.1 Å². The summed E-state index contributed by atoms with van der Waals surface area (Å²) in [6.45, 7) is 4.84. The molecule has 0 bridgehead atoms. The van der Waals surface area contributed by atoms with Gasteiger partial charge in [0.05, 0.1) is 18.2 Å². The van der Waals surface area contributed by atoms with E-state index in [0.717, 1.165) is 36.0 Å². The monoisotopic (exact) mass is 435 g/mol. The first-order chi connectivity index (χ1) is 15.1. The lowest BCUT2D eigenvalue weighted by Crippen LogP contribution is -2.23. The first kappa shape index (κ1) is 21.1. The molecule has 31 heavy (non-hydrogen) atoms. The second-order valence-corrected chi connectivity index (χ2v) is 8.39. The lowest BCUT2D eigenvalue weighted by molar-refractivity contribution is 0.286. The number of fused-ring (bicyclic) bond motifs is 1. The van der Waals surface area contributed by atoms with Crippen molar-refractivity contribution < 1.29 is 9.47 Å². The highest BCUT2D eigenvalue weighted by atomic mass is 32.1. The fraction of sp³-hybridized carbons (Fsp3) is 0.292. The zero-order valence-corrected chi connectivity index (χ0v) is 18.7. The number of methoxy groups -OCH3 is 1. The van der Waals surface area contributed by atoms with E-state index in [-0.39, 0.29) is 5.56 Å². The summed E-state index contributed by atoms with van der Waals surface area (Å²) in [6.07, 6.45) is 5.14. The Morgan fingerprint density at radius 2 is 2.00 bits per heavy atom. The normalized spacial score (nSPS) is 11.9. The van der Waals surface area contributed by atoms with Crippen LogP contribution in [0.4, 0.5) is 0 Å². The molecule has 0 aliphatic carbocycles. The Morgan fingerprint density at radius 3 is 2.74 bits per heavy atom. The molecule has 0 aliphatic heterocycles. The summed E-state index contributed by atoms with van der Waals surface area (Å²) in [4.78, 5) is 18.0. The van der Waals surface area contributed by atoms with E-state index in [2.05, 4.69) is 17.0 Å². The van der Waals surface area contributed by atoms with Crippen LogP contribution in [0.15, 0.2) is 47.3 Å². The molecule has 6 nitrogen and oxygen atoms in total. The highest BCUT2D eigenvalue weighted by Crippen LogP contribution is 2.28. The zero-order valence-electron chi connectivity index (χ0n) is 17.9. The number of nitrogens with zero attached hydrogens (tertiary/aromatic N) is 3. The molecule has 0 unspecified atom stereocenters. The number of unbranched alkanes of at least 4 members (excludes halogenated alkanes) is 2. The number of hydrogen-bond donors (Lipinski definition) is 0. The number of hydrogen-bond acceptors (Lipinski definition) is 6. The highest BCUT2D eigenvalue weighted by Gasteiger charge is 2.12. The molecular formula is C24H25N3O3S. The maximum Gasteiger partial charge on any atom is 0.291 e. The molecule has 2 heterocycles. The molecule has 0 saturated carbocycles. The van der Waals surface area contributed by atoms with Crippen molar-refractivity contribution >= 4 is 22.4 Å². The molecule has 2 aromatic carbocycles. The standard InChI is InChI=1S/C24H25N3O3S/c1-4-5-6-12-30-19-11-10-17(14-20(19)29-3)15-21-23(28)27-24(31-21)25-22(26-27)18-9-7-8-16(2)13-18/h7-11,13-15H,4-6,12H2,1-3H3/b21-15-. The van der Waals surface area contributed by atoms with Gasteiger partial charge in [-0.05, 0) is 43.2 Å². The van der Waals surface area contributed by atoms with Gasteiger partial charge in [0, 0.05) is 5.56 Å². The molecule has 0 atom stereocenters. The maximum absolute atomic E-state index is 12.9. The molecule has 4 rings (SSSR count). The summed E-state index contributed by atoms with van der Waals surface area (Å²) in [5.74, 6) is 1.92. The number of rotatable bonds is 8. The summed E-state index contributed by atoms with van der Waals surface area (Å²) >= 11 is 1.32. The second kappa shape index (κ2) is 9.31. The molecule has 160 valence electrons. The molecule has 0 fully saturated rings. The maximum atomic E-state index is 12.9. The van der Waals surface area contributed by atoms with Crippen molar-refractivity contribution in [3.05, 3.63) is 68.5 Å². The smallest absolute Gasteiger partial charge is 0.291 e. The first-order valence-corrected chi connectivity index (χ1v) is 11.2. The molecule has 0 amide bonds. The summed E-state index contributed by atoms with van der Waals surface area (Å²) in [6, 6.07) is 13.6. The van der Waals surface area contributed by atoms with Crippen LogP contribution in [-0.2, 0) is 0 Å². The Labute approximate surface area is 184 Å². The number of aromatic nitrogens is 3. The predicted octanol–water partition coefficient (Wildman–Crippen LogP) is 4.25. The van der Waals surface area contributed by atoms with Gasteiger partial charge < -0.3 is 9.47 Å². The fourth-order valence-corrected chi connectivity index (χ4v) is 4.23. The third-order valence-corrected chi connectivity index (χ3v) is 5.91. The zero-order chi connectivity index (χ0) is 21.8. The van der Waals surface area contributed by atoms with Gasteiger partial charge in [0.1, 0.15) is 0 Å². The molecule has 4 aromatic rings. The van der Waals surface area contributed by atoms with Gasteiger partial charge in [-0.2, -0.15) is 9.50 Å². The van der Waals surface area contributed by atoms with Gasteiger partial charge in [-0.15, -0.1) is 5.10 Å². The van der Waals surface area contributed by atoms with Gasteiger partial charge in [-0.3, -0.25) is 4.79 Å². The fourth-order valence-electron chi connectivity index (χ4n) is 3.32. The van der Waals surface area contributed by atoms with E-state index in [1.807, 2.05) is 55.5 Å². The summed E-state index contributed by atoms with van der Waals surface area (Å²) < 4.78 is 13.3. The Balaban J connectivity index is 1.62. The van der Waals surface area contributed by atoms with Crippen molar-refractivity contribution in [1.29, 1.82) is 0 Å². The van der Waals surface area contributed by atoms with Crippen LogP contribution in [0, 0.1) is 6.92 Å². The Hall–Kier alpha value is -3.19. The van der Waals surface area contributed by atoms with E-state index >= 15 is 0 Å². The average molecular weight is 436 g/mol. The Kier molecular flexibility index (Phi) is 6.32. The third-order valence-electron chi connectivity index (χ3n) is 4.95. The second-order valence-electron chi connectivity index (χ2n) is 7.38. The molecule has 0 N–H and O–H groups in total. The average Bonchev–Trinajstić information content (AvgIpc) is 3.31. The van der Waals surface area contributed by atoms with Crippen molar-refractivity contribution in [2.75, 3.05) is 13.7 Å². The molecule has 0 saturated heterocycles. The number of ether oxygens (including phenoxy) is 2. The van der Waals surface area contributed by atoms with E-state index in [1.54, 1.807) is 7.11 Å². The minimum Gasteiger partial charge on any atom is -0.493 e. The Bertz CT molecular complexity index is 1310. The molecular weight excluding hydrogens is 410 g/mol. The van der Waals surface area contributed by atoms with Gasteiger partial charge in [-0.1, -0.05) is 60.9 Å². The van der Waals surface area contributed by atoms with Gasteiger partial charge >= 0.3 is 0 Å². The lowest BCUT2D eigenvalue weighted by atomic mass is 10.1. The van der Waals surface area contributed by atoms with Crippen molar-refractivity contribution in [3.8, 4) is 22.9 Å². The number of thiazole rings is 1. The quantitative estimate of drug-likeness (QED) is 0.387. The minimum absolute atomic E-state index is 0.176. The van der Waals surface area contributed by atoms with Gasteiger partial charge in [0.2, 0.25) is 4.96 Å². The van der Waals surface area contributed by atoms with Crippen LogP contribution in [0.5, 0.6) is 11.5 Å². The summed E-state index contributed by atoms with van der Waals surface area (Å²) in [7, 11) is 1.62. The van der Waals surface area contributed by atoms with Crippen LogP contribution in [0.2, 0.25) is 0 Å². The van der Waals surface area contributed by atoms with Gasteiger partial charge in [0.15, 0.2) is 17.3 Å². The lowest BCUT2D eigenvalue weighted by Gasteiger charge is -2.11. The van der Waals surface area contributed by atoms with E-state index in [0.29, 0.717) is 33.4 Å². The molecule has 0 radical (unpaired) electrons. The summed E-state index contributed by atoms with van der Waals surface area (Å²) in [5, 5.41) is 4.42. The highest BCUT2D eigenvalue weighted by molar-refractivity contribution is 7.15. The van der Waals surface area contributed by atoms with Gasteiger partial charge in [0.25, 0.3) is 5.56 Å². The molecule has 2 aromatic heterocycles. The largest absolute Gasteiger partial charge is 0.493 e. The van der Waals surface area contributed by atoms with Gasteiger partial charge in [-0.25, -0.2) is 0 Å². The topological polar surface area (TPSA) is 65.7 Å². The van der Waals surface area contributed by atoms with Crippen LogP contribution in [-0.4, -0.2) is 28.3 Å². The van der Waals surface area contributed by atoms with Crippen LogP contribution in [0.25, 0.3) is 22.4 Å². The van der Waals surface area contributed by atoms with Crippen LogP contribution in [0.1, 0.15) is 37.3 Å². The molecule has 7 heteroatoms. The SMILES string of the molecule is CCCCCOc1ccc(/C=c2\sc3nc(-c4cccc(C)c4)nn3c2=O)cc1OC. The van der Waals surface area contributed by atoms with Crippen LogP contribution >= 0.6 is 11.3 Å². The molecule has 0 spiro atoms. The van der Waals surface area contributed by atoms with Crippen molar-refractivity contribution in [2.24, 2.45) is 0 Å². The predicted molar refractivity (Wildman–Crippen MR) is 124 cm³/mol. The van der Waals surface area contributed by atoms with E-state index in [9.17, 15) is 4.79 Å². The minimum atomic E-state index is -0.176. The summed E-state index contributed by atoms with van der Waals surface area (Å²) in [5.41, 5.74) is 2.71. The number of benzene rings is 2. The van der Waals surface area contributed by atoms with Crippen LogP contribution < -0.4 is 19.6 Å². The number of aryl methyl sites for hydroxylation is 1. The van der Waals surface area contributed by atoms with E-state index < -0.39 is 0 Å². The Morgan fingerprint density at radius 1 is 1.13 bits per heavy atom. The van der Waals surface area contributed by atoms with Crippen molar-refractivity contribution in [1.82, 2.24) is 14.6 Å². The van der Waals surface area contributed by atoms with E-state index in [1.165, 1.54) is 15.9 Å². The van der Waals surface area contributed by atoms with E-state index in [4.69, 9.17) is 9.47 Å². The van der Waals surface area contributed by atoms with Crippen LogP contribution in [0.3, 0.4) is 0 Å². The van der Waals surface area contributed by atoms with Crippen molar-refractivity contribution in [3.63, 3.8) is 0 Å². The third kappa shape index (κ3) is 4.61.